The summed E-state index contributed by atoms with van der Waals surface area (Å²) < 4.78 is 18.1. The molecule has 3 aromatic rings. The molecule has 1 amide bonds. The number of halogens is 2. The van der Waals surface area contributed by atoms with Gasteiger partial charge >= 0.3 is 0 Å². The van der Waals surface area contributed by atoms with E-state index in [1.54, 1.807) is 42.5 Å². The molecule has 0 aliphatic rings. The molecule has 0 spiro atoms. The number of hydrogen-bond donors (Lipinski definition) is 2. The van der Waals surface area contributed by atoms with Crippen molar-refractivity contribution in [3.8, 4) is 5.75 Å². The third kappa shape index (κ3) is 4.29. The van der Waals surface area contributed by atoms with Crippen molar-refractivity contribution >= 4 is 34.7 Å². The fraction of sp³-hybridized carbons (Fsp3) is 0.0526. The van der Waals surface area contributed by atoms with E-state index in [2.05, 4.69) is 15.6 Å². The van der Waals surface area contributed by atoms with Gasteiger partial charge in [-0.3, -0.25) is 4.79 Å². The number of anilines is 3. The largest absolute Gasteiger partial charge is 0.495 e. The fourth-order valence-electron chi connectivity index (χ4n) is 2.26. The van der Waals surface area contributed by atoms with Gasteiger partial charge in [0.25, 0.3) is 5.91 Å². The Labute approximate surface area is 154 Å². The predicted molar refractivity (Wildman–Crippen MR) is 99.9 cm³/mol. The highest BCUT2D eigenvalue weighted by molar-refractivity contribution is 6.31. The van der Waals surface area contributed by atoms with Gasteiger partial charge in [-0.05, 0) is 54.6 Å². The SMILES string of the molecule is COc1ccc(Cl)cc1NC(=O)c1ccc(Nc2ccc(F)cc2)nc1. The molecule has 0 unspecified atom stereocenters. The van der Waals surface area contributed by atoms with Crippen molar-refractivity contribution in [1.82, 2.24) is 4.98 Å². The number of nitrogens with zero attached hydrogens (tertiary/aromatic N) is 1. The monoisotopic (exact) mass is 371 g/mol. The zero-order valence-corrected chi connectivity index (χ0v) is 14.5. The van der Waals surface area contributed by atoms with Crippen LogP contribution < -0.4 is 15.4 Å². The molecule has 3 rings (SSSR count). The van der Waals surface area contributed by atoms with Crippen LogP contribution >= 0.6 is 11.6 Å². The molecule has 0 bridgehead atoms. The van der Waals surface area contributed by atoms with E-state index in [1.165, 1.54) is 25.4 Å². The Balaban J connectivity index is 1.71. The Morgan fingerprint density at radius 1 is 1.12 bits per heavy atom. The first-order valence-electron chi connectivity index (χ1n) is 7.69. The van der Waals surface area contributed by atoms with Gasteiger partial charge in [-0.1, -0.05) is 11.6 Å². The quantitative estimate of drug-likeness (QED) is 0.671. The number of pyridine rings is 1. The van der Waals surface area contributed by atoms with Crippen molar-refractivity contribution in [3.63, 3.8) is 0 Å². The molecule has 1 aromatic heterocycles. The number of carbonyl (C=O) groups is 1. The zero-order valence-electron chi connectivity index (χ0n) is 13.8. The highest BCUT2D eigenvalue weighted by atomic mass is 35.5. The van der Waals surface area contributed by atoms with Gasteiger partial charge in [0.1, 0.15) is 17.4 Å². The van der Waals surface area contributed by atoms with Crippen molar-refractivity contribution < 1.29 is 13.9 Å². The summed E-state index contributed by atoms with van der Waals surface area (Å²) in [6.45, 7) is 0. The molecule has 26 heavy (non-hydrogen) atoms. The molecule has 0 aliphatic heterocycles. The Morgan fingerprint density at radius 3 is 2.54 bits per heavy atom. The smallest absolute Gasteiger partial charge is 0.257 e. The molecule has 0 saturated heterocycles. The highest BCUT2D eigenvalue weighted by Gasteiger charge is 2.11. The minimum Gasteiger partial charge on any atom is -0.495 e. The molecule has 7 heteroatoms. The average molecular weight is 372 g/mol. The first-order chi connectivity index (χ1) is 12.5. The van der Waals surface area contributed by atoms with Crippen LogP contribution in [0.4, 0.5) is 21.6 Å². The van der Waals surface area contributed by atoms with Crippen molar-refractivity contribution in [3.05, 3.63) is 77.2 Å². The number of methoxy groups -OCH3 is 1. The van der Waals surface area contributed by atoms with Gasteiger partial charge < -0.3 is 15.4 Å². The highest BCUT2D eigenvalue weighted by Crippen LogP contribution is 2.28. The zero-order chi connectivity index (χ0) is 18.5. The van der Waals surface area contributed by atoms with Crippen molar-refractivity contribution in [1.29, 1.82) is 0 Å². The van der Waals surface area contributed by atoms with Crippen LogP contribution in [-0.2, 0) is 0 Å². The summed E-state index contributed by atoms with van der Waals surface area (Å²) in [5.41, 5.74) is 1.54. The minimum atomic E-state index is -0.341. The van der Waals surface area contributed by atoms with Crippen LogP contribution in [0.1, 0.15) is 10.4 Å². The van der Waals surface area contributed by atoms with Gasteiger partial charge in [0, 0.05) is 16.9 Å². The van der Waals surface area contributed by atoms with E-state index in [1.807, 2.05) is 0 Å². The lowest BCUT2D eigenvalue weighted by Gasteiger charge is -2.11. The summed E-state index contributed by atoms with van der Waals surface area (Å²) in [4.78, 5) is 16.6. The maximum absolute atomic E-state index is 12.9. The third-order valence-corrected chi connectivity index (χ3v) is 3.79. The van der Waals surface area contributed by atoms with Crippen LogP contribution in [0.15, 0.2) is 60.8 Å². The molecule has 5 nitrogen and oxygen atoms in total. The van der Waals surface area contributed by atoms with E-state index < -0.39 is 0 Å². The van der Waals surface area contributed by atoms with Gasteiger partial charge in [-0.25, -0.2) is 9.37 Å². The van der Waals surface area contributed by atoms with Crippen molar-refractivity contribution in [2.75, 3.05) is 17.7 Å². The fourth-order valence-corrected chi connectivity index (χ4v) is 2.43. The van der Waals surface area contributed by atoms with Crippen LogP contribution in [-0.4, -0.2) is 18.0 Å². The van der Waals surface area contributed by atoms with Crippen molar-refractivity contribution in [2.45, 2.75) is 0 Å². The molecule has 0 saturated carbocycles. The van der Waals surface area contributed by atoms with Crippen LogP contribution in [0.3, 0.4) is 0 Å². The topological polar surface area (TPSA) is 63.2 Å². The first kappa shape index (κ1) is 17.7. The minimum absolute atomic E-state index is 0.313. The van der Waals surface area contributed by atoms with E-state index in [9.17, 15) is 9.18 Å². The lowest BCUT2D eigenvalue weighted by atomic mass is 10.2. The standard InChI is InChI=1S/C19H15ClFN3O2/c1-26-17-8-3-13(20)10-16(17)24-19(25)12-2-9-18(22-11-12)23-15-6-4-14(21)5-7-15/h2-11H,1H3,(H,22,23)(H,24,25). The number of rotatable bonds is 5. The predicted octanol–water partition coefficient (Wildman–Crippen LogP) is 4.88. The molecule has 2 N–H and O–H groups in total. The van der Waals surface area contributed by atoms with Crippen LogP contribution in [0.5, 0.6) is 5.75 Å². The number of carbonyl (C=O) groups excluding carboxylic acids is 1. The van der Waals surface area contributed by atoms with E-state index in [-0.39, 0.29) is 11.7 Å². The van der Waals surface area contributed by atoms with E-state index in [0.717, 1.165) is 0 Å². The van der Waals surface area contributed by atoms with Gasteiger partial charge in [0.15, 0.2) is 0 Å². The summed E-state index contributed by atoms with van der Waals surface area (Å²) >= 11 is 5.96. The lowest BCUT2D eigenvalue weighted by molar-refractivity contribution is 0.102. The molecular formula is C19H15ClFN3O2. The number of amides is 1. The maximum Gasteiger partial charge on any atom is 0.257 e. The third-order valence-electron chi connectivity index (χ3n) is 3.55. The van der Waals surface area contributed by atoms with E-state index in [4.69, 9.17) is 16.3 Å². The molecule has 0 aliphatic carbocycles. The summed E-state index contributed by atoms with van der Waals surface area (Å²) in [6.07, 6.45) is 1.44. The summed E-state index contributed by atoms with van der Waals surface area (Å²) in [5.74, 6) is 0.386. The first-order valence-corrected chi connectivity index (χ1v) is 8.06. The number of benzene rings is 2. The average Bonchev–Trinajstić information content (AvgIpc) is 2.64. The van der Waals surface area contributed by atoms with Gasteiger partial charge in [0.2, 0.25) is 0 Å². The number of nitrogens with one attached hydrogen (secondary N) is 2. The van der Waals surface area contributed by atoms with Crippen molar-refractivity contribution in [2.24, 2.45) is 0 Å². The van der Waals surface area contributed by atoms with Gasteiger partial charge in [-0.2, -0.15) is 0 Å². The molecule has 0 fully saturated rings. The molecule has 132 valence electrons. The number of ether oxygens (including phenoxy) is 1. The molecule has 0 radical (unpaired) electrons. The van der Waals surface area contributed by atoms with Crippen LogP contribution in [0.2, 0.25) is 5.02 Å². The Hall–Kier alpha value is -3.12. The second-order valence-electron chi connectivity index (χ2n) is 5.36. The van der Waals surface area contributed by atoms with Crippen LogP contribution in [0.25, 0.3) is 0 Å². The summed E-state index contributed by atoms with van der Waals surface area (Å²) in [5, 5.41) is 6.25. The molecule has 2 aromatic carbocycles. The Kier molecular flexibility index (Phi) is 5.34. The van der Waals surface area contributed by atoms with Gasteiger partial charge in [0.05, 0.1) is 18.4 Å². The number of aromatic nitrogens is 1. The summed E-state index contributed by atoms with van der Waals surface area (Å²) in [6, 6.07) is 14.1. The normalized spacial score (nSPS) is 10.3. The molecule has 1 heterocycles. The van der Waals surface area contributed by atoms with E-state index >= 15 is 0 Å². The Morgan fingerprint density at radius 2 is 1.88 bits per heavy atom. The second-order valence-corrected chi connectivity index (χ2v) is 5.80. The summed E-state index contributed by atoms with van der Waals surface area (Å²) in [7, 11) is 1.51. The van der Waals surface area contributed by atoms with Crippen LogP contribution in [0, 0.1) is 5.82 Å². The maximum atomic E-state index is 12.9. The lowest BCUT2D eigenvalue weighted by Crippen LogP contribution is -2.13. The number of hydrogen-bond acceptors (Lipinski definition) is 4. The Bertz CT molecular complexity index is 915. The van der Waals surface area contributed by atoms with E-state index in [0.29, 0.717) is 33.5 Å². The van der Waals surface area contributed by atoms with Gasteiger partial charge in [-0.15, -0.1) is 0 Å². The second kappa shape index (κ2) is 7.84. The molecular weight excluding hydrogens is 357 g/mol. The molecule has 0 atom stereocenters.